The largest absolute Gasteiger partial charge is 0.455 e. The van der Waals surface area contributed by atoms with Crippen molar-refractivity contribution in [3.8, 4) is 11.3 Å². The summed E-state index contributed by atoms with van der Waals surface area (Å²) in [6.45, 7) is 0. The van der Waals surface area contributed by atoms with Crippen LogP contribution in [0.1, 0.15) is 5.76 Å². The number of amides is 1. The summed E-state index contributed by atoms with van der Waals surface area (Å²) in [7, 11) is 0. The molecule has 0 bridgehead atoms. The van der Waals surface area contributed by atoms with Crippen molar-refractivity contribution in [3.05, 3.63) is 74.9 Å². The Kier molecular flexibility index (Phi) is 7.01. The quantitative estimate of drug-likeness (QED) is 0.256. The lowest BCUT2D eigenvalue weighted by atomic mass is 10.2. The number of carbonyl (C=O) groups is 1. The highest BCUT2D eigenvalue weighted by molar-refractivity contribution is 9.10. The Balaban J connectivity index is 1.52. The highest BCUT2D eigenvalue weighted by Gasteiger charge is 2.06. The Morgan fingerprint density at radius 2 is 1.93 bits per heavy atom. The van der Waals surface area contributed by atoms with E-state index in [2.05, 4.69) is 26.5 Å². The molecule has 1 amide bonds. The van der Waals surface area contributed by atoms with Crippen molar-refractivity contribution in [2.24, 2.45) is 5.10 Å². The highest BCUT2D eigenvalue weighted by Crippen LogP contribution is 2.29. The number of thioether (sulfide) groups is 1. The SMILES string of the molecule is O=C(CSc1ccc(Cl)cc1)N/N=C\c1ccc(-c2ccc(Br)c(Cl)c2)o1. The molecule has 0 aliphatic heterocycles. The Morgan fingerprint density at radius 3 is 2.67 bits per heavy atom. The standard InChI is InChI=1S/C19H13BrCl2N2O2S/c20-16-7-1-12(9-17(16)22)18-8-4-14(26-18)10-23-24-19(25)11-27-15-5-2-13(21)3-6-15/h1-10H,11H2,(H,24,25)/b23-10-. The van der Waals surface area contributed by atoms with Gasteiger partial charge < -0.3 is 4.42 Å². The average molecular weight is 484 g/mol. The third kappa shape index (κ3) is 5.87. The van der Waals surface area contributed by atoms with Crippen LogP contribution < -0.4 is 5.43 Å². The van der Waals surface area contributed by atoms with Crippen LogP contribution >= 0.6 is 50.9 Å². The van der Waals surface area contributed by atoms with Crippen LogP contribution in [-0.2, 0) is 4.79 Å². The zero-order chi connectivity index (χ0) is 19.2. The fraction of sp³-hybridized carbons (Fsp3) is 0.0526. The van der Waals surface area contributed by atoms with Crippen LogP contribution in [0.4, 0.5) is 0 Å². The van der Waals surface area contributed by atoms with Crippen molar-refractivity contribution in [3.63, 3.8) is 0 Å². The maximum atomic E-state index is 11.8. The molecule has 2 aromatic carbocycles. The molecule has 4 nitrogen and oxygen atoms in total. The molecule has 1 heterocycles. The molecule has 0 saturated carbocycles. The summed E-state index contributed by atoms with van der Waals surface area (Å²) in [6.07, 6.45) is 1.45. The van der Waals surface area contributed by atoms with E-state index in [1.807, 2.05) is 30.3 Å². The number of halogens is 3. The predicted octanol–water partition coefficient (Wildman–Crippen LogP) is 6.26. The van der Waals surface area contributed by atoms with Crippen LogP contribution in [-0.4, -0.2) is 17.9 Å². The summed E-state index contributed by atoms with van der Waals surface area (Å²) in [5.41, 5.74) is 3.33. The van der Waals surface area contributed by atoms with Gasteiger partial charge in [0.1, 0.15) is 11.5 Å². The summed E-state index contributed by atoms with van der Waals surface area (Å²) in [5.74, 6) is 1.22. The summed E-state index contributed by atoms with van der Waals surface area (Å²) in [5, 5.41) is 5.19. The van der Waals surface area contributed by atoms with Crippen LogP contribution in [0.2, 0.25) is 10.0 Å². The monoisotopic (exact) mass is 482 g/mol. The second kappa shape index (κ2) is 9.46. The average Bonchev–Trinajstić information content (AvgIpc) is 3.12. The van der Waals surface area contributed by atoms with Crippen molar-refractivity contribution in [2.75, 3.05) is 5.75 Å². The Morgan fingerprint density at radius 1 is 1.15 bits per heavy atom. The summed E-state index contributed by atoms with van der Waals surface area (Å²) in [6, 6.07) is 16.4. The molecule has 0 saturated heterocycles. The van der Waals surface area contributed by atoms with Gasteiger partial charge in [-0.25, -0.2) is 5.43 Å². The molecular weight excluding hydrogens is 471 g/mol. The van der Waals surface area contributed by atoms with Crippen LogP contribution in [0.3, 0.4) is 0 Å². The number of benzene rings is 2. The minimum absolute atomic E-state index is 0.210. The number of nitrogens with zero attached hydrogens (tertiary/aromatic N) is 1. The first-order valence-electron chi connectivity index (χ1n) is 7.77. The minimum atomic E-state index is -0.210. The molecule has 0 spiro atoms. The van der Waals surface area contributed by atoms with Crippen molar-refractivity contribution >= 4 is 63.0 Å². The molecule has 27 heavy (non-hydrogen) atoms. The number of furan rings is 1. The number of rotatable bonds is 6. The molecule has 1 aromatic heterocycles. The van der Waals surface area contributed by atoms with Gasteiger partial charge in [-0.2, -0.15) is 5.10 Å². The van der Waals surface area contributed by atoms with Gasteiger partial charge in [-0.15, -0.1) is 11.8 Å². The number of carbonyl (C=O) groups excluding carboxylic acids is 1. The van der Waals surface area contributed by atoms with Gasteiger partial charge in [0.05, 0.1) is 17.0 Å². The van der Waals surface area contributed by atoms with E-state index in [0.717, 1.165) is 14.9 Å². The van der Waals surface area contributed by atoms with Crippen molar-refractivity contribution < 1.29 is 9.21 Å². The molecule has 0 aliphatic carbocycles. The number of hydrazone groups is 1. The van der Waals surface area contributed by atoms with Crippen LogP contribution in [0.15, 0.2) is 73.5 Å². The Labute approximate surface area is 179 Å². The third-order valence-electron chi connectivity index (χ3n) is 3.40. The van der Waals surface area contributed by atoms with Crippen LogP contribution in [0, 0.1) is 0 Å². The molecule has 0 radical (unpaired) electrons. The van der Waals surface area contributed by atoms with E-state index in [9.17, 15) is 4.79 Å². The zero-order valence-corrected chi connectivity index (χ0v) is 17.7. The van der Waals surface area contributed by atoms with Crippen LogP contribution in [0.25, 0.3) is 11.3 Å². The van der Waals surface area contributed by atoms with E-state index in [-0.39, 0.29) is 11.7 Å². The maximum absolute atomic E-state index is 11.8. The first kappa shape index (κ1) is 20.0. The van der Waals surface area contributed by atoms with E-state index >= 15 is 0 Å². The number of nitrogens with one attached hydrogen (secondary N) is 1. The lowest BCUT2D eigenvalue weighted by Crippen LogP contribution is -2.19. The van der Waals surface area contributed by atoms with Gasteiger partial charge in [0.15, 0.2) is 0 Å². The predicted molar refractivity (Wildman–Crippen MR) is 115 cm³/mol. The smallest absolute Gasteiger partial charge is 0.250 e. The molecule has 3 aromatic rings. The molecule has 0 aliphatic rings. The Hall–Kier alpha value is -1.73. The summed E-state index contributed by atoms with van der Waals surface area (Å²) in [4.78, 5) is 12.8. The molecule has 8 heteroatoms. The van der Waals surface area contributed by atoms with E-state index in [1.165, 1.54) is 18.0 Å². The molecule has 1 N–H and O–H groups in total. The van der Waals surface area contributed by atoms with Crippen LogP contribution in [0.5, 0.6) is 0 Å². The van der Waals surface area contributed by atoms with Gasteiger partial charge in [-0.1, -0.05) is 29.3 Å². The molecule has 0 atom stereocenters. The molecule has 0 unspecified atom stereocenters. The first-order valence-corrected chi connectivity index (χ1v) is 10.3. The topological polar surface area (TPSA) is 54.6 Å². The van der Waals surface area contributed by atoms with E-state index in [4.69, 9.17) is 27.6 Å². The molecule has 0 fully saturated rings. The second-order valence-electron chi connectivity index (χ2n) is 5.37. The van der Waals surface area contributed by atoms with Crippen molar-refractivity contribution in [1.82, 2.24) is 5.43 Å². The van der Waals surface area contributed by atoms with Crippen molar-refractivity contribution in [2.45, 2.75) is 4.90 Å². The maximum Gasteiger partial charge on any atom is 0.250 e. The van der Waals surface area contributed by atoms with Gasteiger partial charge >= 0.3 is 0 Å². The van der Waals surface area contributed by atoms with Gasteiger partial charge in [0.25, 0.3) is 0 Å². The van der Waals surface area contributed by atoms with Gasteiger partial charge in [-0.05, 0) is 64.5 Å². The number of hydrogen-bond donors (Lipinski definition) is 1. The fourth-order valence-electron chi connectivity index (χ4n) is 2.11. The first-order chi connectivity index (χ1) is 13.0. The van der Waals surface area contributed by atoms with E-state index < -0.39 is 0 Å². The number of hydrogen-bond acceptors (Lipinski definition) is 4. The molecular formula is C19H13BrCl2N2O2S. The zero-order valence-electron chi connectivity index (χ0n) is 13.8. The van der Waals surface area contributed by atoms with E-state index in [0.29, 0.717) is 21.6 Å². The highest BCUT2D eigenvalue weighted by atomic mass is 79.9. The lowest BCUT2D eigenvalue weighted by molar-refractivity contribution is -0.118. The minimum Gasteiger partial charge on any atom is -0.455 e. The summed E-state index contributed by atoms with van der Waals surface area (Å²) < 4.78 is 6.51. The second-order valence-corrected chi connectivity index (χ2v) is 8.11. The van der Waals surface area contributed by atoms with Gasteiger partial charge in [0, 0.05) is 20.0 Å². The molecule has 3 rings (SSSR count). The Bertz CT molecular complexity index is 974. The fourth-order valence-corrected chi connectivity index (χ4v) is 3.35. The molecule has 138 valence electrons. The normalized spacial score (nSPS) is 11.1. The van der Waals surface area contributed by atoms with E-state index in [1.54, 1.807) is 24.3 Å². The van der Waals surface area contributed by atoms with Gasteiger partial charge in [-0.3, -0.25) is 4.79 Å². The third-order valence-corrected chi connectivity index (χ3v) is 5.89. The van der Waals surface area contributed by atoms with Gasteiger partial charge in [0.2, 0.25) is 5.91 Å². The summed E-state index contributed by atoms with van der Waals surface area (Å²) >= 11 is 16.7. The van der Waals surface area contributed by atoms with Crippen molar-refractivity contribution in [1.29, 1.82) is 0 Å². The lowest BCUT2D eigenvalue weighted by Gasteiger charge is -2.01.